The molecule has 0 saturated carbocycles. The lowest BCUT2D eigenvalue weighted by Gasteiger charge is -2.20. The fourth-order valence-corrected chi connectivity index (χ4v) is 4.47. The van der Waals surface area contributed by atoms with Crippen LogP contribution in [0.1, 0.15) is 11.3 Å². The summed E-state index contributed by atoms with van der Waals surface area (Å²) in [6.07, 6.45) is 1.90. The van der Waals surface area contributed by atoms with Gasteiger partial charge in [0.1, 0.15) is 0 Å². The van der Waals surface area contributed by atoms with Crippen LogP contribution in [-0.4, -0.2) is 41.0 Å². The molecule has 0 aromatic carbocycles. The third-order valence-corrected chi connectivity index (χ3v) is 5.47. The number of aromatic nitrogens is 1. The van der Waals surface area contributed by atoms with Gasteiger partial charge in [0.25, 0.3) is 0 Å². The molecule has 0 aliphatic carbocycles. The van der Waals surface area contributed by atoms with Crippen molar-refractivity contribution in [3.05, 3.63) is 52.5 Å². The summed E-state index contributed by atoms with van der Waals surface area (Å²) >= 11 is 1.80. The monoisotopic (exact) mass is 299 g/mol. The topological polar surface area (TPSA) is 19.4 Å². The Labute approximate surface area is 130 Å². The van der Waals surface area contributed by atoms with E-state index < -0.39 is 0 Å². The minimum absolute atomic E-state index is 0.854. The summed E-state index contributed by atoms with van der Waals surface area (Å²) in [6.45, 7) is 7.15. The van der Waals surface area contributed by atoms with Crippen molar-refractivity contribution in [3.63, 3.8) is 0 Å². The maximum absolute atomic E-state index is 4.45. The van der Waals surface area contributed by atoms with Crippen molar-refractivity contribution in [2.45, 2.75) is 13.1 Å². The van der Waals surface area contributed by atoms with Crippen LogP contribution in [-0.2, 0) is 13.1 Å². The van der Waals surface area contributed by atoms with Crippen molar-refractivity contribution in [1.82, 2.24) is 14.8 Å². The van der Waals surface area contributed by atoms with Gasteiger partial charge in [-0.25, -0.2) is 0 Å². The molecular formula is C17H21N3S. The minimum Gasteiger partial charge on any atom is -0.298 e. The number of thiophene rings is 1. The van der Waals surface area contributed by atoms with Gasteiger partial charge in [0.15, 0.2) is 0 Å². The fraction of sp³-hybridized carbons (Fsp3) is 0.471. The van der Waals surface area contributed by atoms with Crippen LogP contribution >= 0.6 is 11.3 Å². The van der Waals surface area contributed by atoms with Gasteiger partial charge in [-0.05, 0) is 46.4 Å². The molecule has 4 heteroatoms. The molecule has 0 amide bonds. The van der Waals surface area contributed by atoms with Crippen molar-refractivity contribution in [3.8, 4) is 0 Å². The number of nitrogens with zero attached hydrogens (tertiary/aromatic N) is 3. The van der Waals surface area contributed by atoms with E-state index in [0.29, 0.717) is 0 Å². The summed E-state index contributed by atoms with van der Waals surface area (Å²) < 4.78 is 0. The maximum atomic E-state index is 4.45. The second-order valence-electron chi connectivity index (χ2n) is 6.36. The highest BCUT2D eigenvalue weighted by molar-refractivity contribution is 7.07. The average Bonchev–Trinajstić information content (AvgIpc) is 3.17. The van der Waals surface area contributed by atoms with Crippen LogP contribution in [0, 0.1) is 11.8 Å². The zero-order valence-electron chi connectivity index (χ0n) is 12.2. The summed E-state index contributed by atoms with van der Waals surface area (Å²) in [6, 6.07) is 8.47. The van der Waals surface area contributed by atoms with Gasteiger partial charge < -0.3 is 0 Å². The van der Waals surface area contributed by atoms with Gasteiger partial charge in [0, 0.05) is 45.5 Å². The first-order valence-electron chi connectivity index (χ1n) is 7.72. The molecule has 2 aliphatic heterocycles. The first-order valence-corrected chi connectivity index (χ1v) is 8.67. The van der Waals surface area contributed by atoms with Crippen LogP contribution in [0.25, 0.3) is 0 Å². The van der Waals surface area contributed by atoms with E-state index in [1.165, 1.54) is 37.4 Å². The molecule has 2 atom stereocenters. The number of pyridine rings is 1. The van der Waals surface area contributed by atoms with Crippen LogP contribution in [0.3, 0.4) is 0 Å². The molecule has 0 spiro atoms. The first kappa shape index (κ1) is 13.4. The molecule has 21 heavy (non-hydrogen) atoms. The third-order valence-electron chi connectivity index (χ3n) is 4.74. The average molecular weight is 299 g/mol. The number of hydrogen-bond acceptors (Lipinski definition) is 4. The maximum Gasteiger partial charge on any atom is 0.0543 e. The number of rotatable bonds is 4. The number of hydrogen-bond donors (Lipinski definition) is 0. The van der Waals surface area contributed by atoms with Crippen molar-refractivity contribution < 1.29 is 0 Å². The summed E-state index contributed by atoms with van der Waals surface area (Å²) in [5.41, 5.74) is 2.68. The molecule has 2 fully saturated rings. The van der Waals surface area contributed by atoms with Gasteiger partial charge in [-0.15, -0.1) is 0 Å². The lowest BCUT2D eigenvalue weighted by Crippen LogP contribution is -2.28. The molecular weight excluding hydrogens is 278 g/mol. The summed E-state index contributed by atoms with van der Waals surface area (Å²) in [5.74, 6) is 1.71. The van der Waals surface area contributed by atoms with E-state index in [-0.39, 0.29) is 0 Å². The van der Waals surface area contributed by atoms with Crippen molar-refractivity contribution in [2.24, 2.45) is 11.8 Å². The lowest BCUT2D eigenvalue weighted by atomic mass is 10.0. The molecule has 0 bridgehead atoms. The quantitative estimate of drug-likeness (QED) is 0.865. The molecule has 2 aromatic rings. The van der Waals surface area contributed by atoms with Crippen molar-refractivity contribution >= 4 is 11.3 Å². The lowest BCUT2D eigenvalue weighted by molar-refractivity contribution is 0.245. The molecule has 0 radical (unpaired) electrons. The van der Waals surface area contributed by atoms with Gasteiger partial charge in [-0.3, -0.25) is 14.8 Å². The van der Waals surface area contributed by atoms with E-state index >= 15 is 0 Å². The Kier molecular flexibility index (Phi) is 3.76. The van der Waals surface area contributed by atoms with Crippen LogP contribution in [0.2, 0.25) is 0 Å². The fourth-order valence-electron chi connectivity index (χ4n) is 3.81. The normalized spacial score (nSPS) is 26.3. The summed E-state index contributed by atoms with van der Waals surface area (Å²) in [5, 5.41) is 4.46. The number of likely N-dealkylation sites (tertiary alicyclic amines) is 2. The van der Waals surface area contributed by atoms with E-state index in [0.717, 1.165) is 24.9 Å². The predicted octanol–water partition coefficient (Wildman–Crippen LogP) is 2.71. The van der Waals surface area contributed by atoms with Crippen molar-refractivity contribution in [2.75, 3.05) is 26.2 Å². The predicted molar refractivity (Wildman–Crippen MR) is 86.1 cm³/mol. The zero-order chi connectivity index (χ0) is 14.1. The molecule has 2 aliphatic rings. The molecule has 0 N–H and O–H groups in total. The molecule has 3 nitrogen and oxygen atoms in total. The molecule has 2 saturated heterocycles. The Bertz CT molecular complexity index is 555. The highest BCUT2D eigenvalue weighted by Crippen LogP contribution is 2.32. The summed E-state index contributed by atoms with van der Waals surface area (Å²) in [4.78, 5) is 9.67. The van der Waals surface area contributed by atoms with Gasteiger partial charge in [-0.2, -0.15) is 11.3 Å². The third kappa shape index (κ3) is 3.03. The highest BCUT2D eigenvalue weighted by Gasteiger charge is 2.39. The van der Waals surface area contributed by atoms with E-state index in [1.807, 2.05) is 12.3 Å². The Morgan fingerprint density at radius 3 is 2.38 bits per heavy atom. The van der Waals surface area contributed by atoms with E-state index in [2.05, 4.69) is 43.7 Å². The van der Waals surface area contributed by atoms with E-state index in [4.69, 9.17) is 0 Å². The Morgan fingerprint density at radius 2 is 1.76 bits per heavy atom. The van der Waals surface area contributed by atoms with Gasteiger partial charge in [0.05, 0.1) is 5.69 Å². The van der Waals surface area contributed by atoms with E-state index in [9.17, 15) is 0 Å². The SMILES string of the molecule is c1ccc(CN2C[C@H]3CN(Cc4ccsc4)C[C@@H]3C2)nc1. The molecule has 2 aromatic heterocycles. The van der Waals surface area contributed by atoms with Crippen molar-refractivity contribution in [1.29, 1.82) is 0 Å². The van der Waals surface area contributed by atoms with Gasteiger partial charge in [-0.1, -0.05) is 6.07 Å². The van der Waals surface area contributed by atoms with E-state index in [1.54, 1.807) is 11.3 Å². The smallest absolute Gasteiger partial charge is 0.0543 e. The van der Waals surface area contributed by atoms with Crippen LogP contribution in [0.4, 0.5) is 0 Å². The Balaban J connectivity index is 1.31. The van der Waals surface area contributed by atoms with Gasteiger partial charge >= 0.3 is 0 Å². The molecule has 0 unspecified atom stereocenters. The first-order chi connectivity index (χ1) is 10.4. The van der Waals surface area contributed by atoms with Crippen LogP contribution in [0.15, 0.2) is 41.2 Å². The molecule has 4 heterocycles. The second-order valence-corrected chi connectivity index (χ2v) is 7.14. The second kappa shape index (κ2) is 5.87. The zero-order valence-corrected chi connectivity index (χ0v) is 13.0. The Hall–Kier alpha value is -1.23. The standard InChI is InChI=1S/C17H21N3S/c1-2-5-18-17(3-1)12-20-10-15-8-19(9-16(15)11-20)7-14-4-6-21-13-14/h1-6,13,15-16H,7-12H2/t15-,16-/m1/s1. The Morgan fingerprint density at radius 1 is 1.00 bits per heavy atom. The highest BCUT2D eigenvalue weighted by atomic mass is 32.1. The molecule has 4 rings (SSSR count). The largest absolute Gasteiger partial charge is 0.298 e. The van der Waals surface area contributed by atoms with Crippen LogP contribution < -0.4 is 0 Å². The van der Waals surface area contributed by atoms with Gasteiger partial charge in [0.2, 0.25) is 0 Å². The summed E-state index contributed by atoms with van der Waals surface area (Å²) in [7, 11) is 0. The minimum atomic E-state index is 0.854. The van der Waals surface area contributed by atoms with Crippen LogP contribution in [0.5, 0.6) is 0 Å². The molecule has 110 valence electrons. The number of fused-ring (bicyclic) bond motifs is 1.